The Morgan fingerprint density at radius 2 is 1.39 bits per heavy atom. The van der Waals surface area contributed by atoms with E-state index in [0.717, 1.165) is 19.3 Å². The van der Waals surface area contributed by atoms with Gasteiger partial charge in [0.05, 0.1) is 6.61 Å². The molecule has 1 unspecified atom stereocenters. The zero-order valence-corrected chi connectivity index (χ0v) is 15.3. The Balaban J connectivity index is 3.54. The van der Waals surface area contributed by atoms with Crippen LogP contribution in [0.2, 0.25) is 0 Å². The van der Waals surface area contributed by atoms with Crippen LogP contribution in [0, 0.1) is 0 Å². The zero-order valence-electron chi connectivity index (χ0n) is 14.5. The van der Waals surface area contributed by atoms with Crippen LogP contribution >= 0.6 is 0 Å². The van der Waals surface area contributed by atoms with Crippen LogP contribution in [0.15, 0.2) is 0 Å². The molecule has 0 rings (SSSR count). The molecular formula is C16H32O6S. The second-order valence-corrected chi connectivity index (χ2v) is 6.82. The van der Waals surface area contributed by atoms with Crippen molar-refractivity contribution in [3.63, 3.8) is 0 Å². The van der Waals surface area contributed by atoms with E-state index < -0.39 is 22.5 Å². The van der Waals surface area contributed by atoms with Crippen molar-refractivity contribution in [1.29, 1.82) is 0 Å². The van der Waals surface area contributed by atoms with Gasteiger partial charge in [-0.3, -0.25) is 4.55 Å². The fourth-order valence-electron chi connectivity index (χ4n) is 2.28. The molecule has 0 aromatic carbocycles. The van der Waals surface area contributed by atoms with Gasteiger partial charge in [0.15, 0.2) is 6.10 Å². The SMILES string of the molecule is CCCCCCCCCCCCOC(=O)C(CC)OS(=O)(=O)O. The van der Waals surface area contributed by atoms with E-state index in [4.69, 9.17) is 9.29 Å². The van der Waals surface area contributed by atoms with Gasteiger partial charge in [-0.1, -0.05) is 71.6 Å². The van der Waals surface area contributed by atoms with Gasteiger partial charge in [-0.15, -0.1) is 0 Å². The molecule has 0 amide bonds. The van der Waals surface area contributed by atoms with E-state index in [-0.39, 0.29) is 13.0 Å². The predicted molar refractivity (Wildman–Crippen MR) is 89.5 cm³/mol. The highest BCUT2D eigenvalue weighted by Gasteiger charge is 2.24. The third-order valence-electron chi connectivity index (χ3n) is 3.61. The van der Waals surface area contributed by atoms with Gasteiger partial charge in [-0.2, -0.15) is 8.42 Å². The minimum Gasteiger partial charge on any atom is -0.464 e. The first-order valence-corrected chi connectivity index (χ1v) is 10.1. The Bertz CT molecular complexity index is 393. The molecule has 0 fully saturated rings. The fourth-order valence-corrected chi connectivity index (χ4v) is 2.78. The molecule has 1 atom stereocenters. The molecule has 0 bridgehead atoms. The van der Waals surface area contributed by atoms with Crippen molar-refractivity contribution in [2.24, 2.45) is 0 Å². The maximum Gasteiger partial charge on any atom is 0.398 e. The fraction of sp³-hybridized carbons (Fsp3) is 0.938. The second-order valence-electron chi connectivity index (χ2n) is 5.77. The molecule has 23 heavy (non-hydrogen) atoms. The van der Waals surface area contributed by atoms with Crippen molar-refractivity contribution >= 4 is 16.4 Å². The highest BCUT2D eigenvalue weighted by atomic mass is 32.3. The Kier molecular flexibility index (Phi) is 13.4. The number of hydrogen-bond donors (Lipinski definition) is 1. The first kappa shape index (κ1) is 22.3. The summed E-state index contributed by atoms with van der Waals surface area (Å²) in [6.45, 7) is 4.04. The summed E-state index contributed by atoms with van der Waals surface area (Å²) in [6.07, 6.45) is 10.7. The third-order valence-corrected chi connectivity index (χ3v) is 4.09. The number of carbonyl (C=O) groups excluding carboxylic acids is 1. The smallest absolute Gasteiger partial charge is 0.398 e. The van der Waals surface area contributed by atoms with E-state index in [2.05, 4.69) is 11.1 Å². The monoisotopic (exact) mass is 352 g/mol. The van der Waals surface area contributed by atoms with Crippen LogP contribution in [0.4, 0.5) is 0 Å². The zero-order chi connectivity index (χ0) is 17.6. The maximum atomic E-state index is 11.6. The minimum absolute atomic E-state index is 0.122. The van der Waals surface area contributed by atoms with Gasteiger partial charge in [0, 0.05) is 0 Å². The van der Waals surface area contributed by atoms with Gasteiger partial charge in [0.25, 0.3) is 0 Å². The molecule has 0 aliphatic rings. The van der Waals surface area contributed by atoms with Crippen molar-refractivity contribution in [2.45, 2.75) is 90.6 Å². The van der Waals surface area contributed by atoms with Gasteiger partial charge < -0.3 is 4.74 Å². The molecule has 0 aromatic rings. The van der Waals surface area contributed by atoms with Gasteiger partial charge in [-0.05, 0) is 12.8 Å². The Morgan fingerprint density at radius 3 is 1.83 bits per heavy atom. The van der Waals surface area contributed by atoms with Crippen molar-refractivity contribution in [2.75, 3.05) is 6.61 Å². The molecule has 0 heterocycles. The number of rotatable bonds is 15. The summed E-state index contributed by atoms with van der Waals surface area (Å²) in [5, 5.41) is 0. The van der Waals surface area contributed by atoms with Gasteiger partial charge in [0.1, 0.15) is 0 Å². The van der Waals surface area contributed by atoms with Gasteiger partial charge in [-0.25, -0.2) is 8.98 Å². The molecule has 6 nitrogen and oxygen atoms in total. The van der Waals surface area contributed by atoms with Gasteiger partial charge >= 0.3 is 16.4 Å². The molecule has 0 radical (unpaired) electrons. The summed E-state index contributed by atoms with van der Waals surface area (Å²) >= 11 is 0. The summed E-state index contributed by atoms with van der Waals surface area (Å²) in [4.78, 5) is 11.6. The molecule has 0 aliphatic carbocycles. The molecular weight excluding hydrogens is 320 g/mol. The average Bonchev–Trinajstić information content (AvgIpc) is 2.49. The van der Waals surface area contributed by atoms with Crippen molar-refractivity contribution in [3.05, 3.63) is 0 Å². The van der Waals surface area contributed by atoms with Crippen LogP contribution in [0.25, 0.3) is 0 Å². The molecule has 0 spiro atoms. The van der Waals surface area contributed by atoms with Crippen molar-refractivity contribution in [3.8, 4) is 0 Å². The lowest BCUT2D eigenvalue weighted by Crippen LogP contribution is -2.28. The van der Waals surface area contributed by atoms with Crippen LogP contribution < -0.4 is 0 Å². The number of unbranched alkanes of at least 4 members (excludes halogenated alkanes) is 9. The first-order valence-electron chi connectivity index (χ1n) is 8.73. The largest absolute Gasteiger partial charge is 0.464 e. The molecule has 138 valence electrons. The van der Waals surface area contributed by atoms with Crippen LogP contribution in [0.5, 0.6) is 0 Å². The van der Waals surface area contributed by atoms with E-state index in [1.165, 1.54) is 44.9 Å². The van der Waals surface area contributed by atoms with Crippen molar-refractivity contribution in [1.82, 2.24) is 0 Å². The van der Waals surface area contributed by atoms with Crippen LogP contribution in [0.3, 0.4) is 0 Å². The number of hydrogen-bond acceptors (Lipinski definition) is 5. The number of ether oxygens (including phenoxy) is 1. The molecule has 1 N–H and O–H groups in total. The topological polar surface area (TPSA) is 89.9 Å². The molecule has 7 heteroatoms. The Labute approximate surface area is 140 Å². The average molecular weight is 352 g/mol. The lowest BCUT2D eigenvalue weighted by Gasteiger charge is -2.12. The predicted octanol–water partition coefficient (Wildman–Crippen LogP) is 4.05. The summed E-state index contributed by atoms with van der Waals surface area (Å²) in [5.74, 6) is -0.749. The van der Waals surface area contributed by atoms with E-state index >= 15 is 0 Å². The summed E-state index contributed by atoms with van der Waals surface area (Å²) in [5.41, 5.74) is 0. The summed E-state index contributed by atoms with van der Waals surface area (Å²) < 4.78 is 39.0. The molecule has 0 saturated heterocycles. The van der Waals surface area contributed by atoms with Crippen LogP contribution in [-0.4, -0.2) is 31.7 Å². The minimum atomic E-state index is -4.64. The molecule has 0 aliphatic heterocycles. The second kappa shape index (κ2) is 13.7. The quantitative estimate of drug-likeness (QED) is 0.272. The standard InChI is InChI=1S/C16H32O6S/c1-3-5-6-7-8-9-10-11-12-13-14-21-16(17)15(4-2)22-23(18,19)20/h15H,3-14H2,1-2H3,(H,18,19,20). The van der Waals surface area contributed by atoms with E-state index in [9.17, 15) is 13.2 Å². The van der Waals surface area contributed by atoms with Crippen LogP contribution in [-0.2, 0) is 24.1 Å². The Hall–Kier alpha value is -0.660. The molecule has 0 saturated carbocycles. The lowest BCUT2D eigenvalue weighted by molar-refractivity contribution is -0.152. The summed E-state index contributed by atoms with van der Waals surface area (Å²) in [7, 11) is -4.64. The van der Waals surface area contributed by atoms with Gasteiger partial charge in [0.2, 0.25) is 0 Å². The highest BCUT2D eigenvalue weighted by molar-refractivity contribution is 7.80. The van der Waals surface area contributed by atoms with E-state index in [1.807, 2.05) is 0 Å². The maximum absolute atomic E-state index is 11.6. The normalized spacial score (nSPS) is 13.0. The summed E-state index contributed by atoms with van der Waals surface area (Å²) in [6, 6.07) is 0. The molecule has 0 aromatic heterocycles. The first-order chi connectivity index (χ1) is 10.9. The van der Waals surface area contributed by atoms with E-state index in [1.54, 1.807) is 6.92 Å². The number of esters is 1. The Morgan fingerprint density at radius 1 is 0.913 bits per heavy atom. The highest BCUT2D eigenvalue weighted by Crippen LogP contribution is 2.11. The van der Waals surface area contributed by atoms with Crippen molar-refractivity contribution < 1.29 is 26.7 Å². The lowest BCUT2D eigenvalue weighted by atomic mass is 10.1. The van der Waals surface area contributed by atoms with E-state index in [0.29, 0.717) is 0 Å². The third kappa shape index (κ3) is 14.7. The number of carbonyl (C=O) groups is 1. The van der Waals surface area contributed by atoms with Crippen LogP contribution in [0.1, 0.15) is 84.5 Å².